The molecule has 0 aliphatic carbocycles. The molecule has 0 fully saturated rings. The van der Waals surface area contributed by atoms with E-state index in [1.54, 1.807) is 12.4 Å². The first kappa shape index (κ1) is 59.7. The van der Waals surface area contributed by atoms with Crippen LogP contribution in [0.2, 0.25) is 0 Å². The van der Waals surface area contributed by atoms with Crippen molar-refractivity contribution in [2.75, 3.05) is 0 Å². The molecule has 0 atom stereocenters. The van der Waals surface area contributed by atoms with Gasteiger partial charge in [-0.2, -0.15) is 0 Å². The number of rotatable bonds is 12. The van der Waals surface area contributed by atoms with Crippen LogP contribution in [0.5, 0.6) is 0 Å². The third kappa shape index (κ3) is 11.2. The lowest BCUT2D eigenvalue weighted by Crippen LogP contribution is -1.97. The predicted molar refractivity (Wildman–Crippen MR) is 411 cm³/mol. The molecule has 9 nitrogen and oxygen atoms in total. The van der Waals surface area contributed by atoms with Gasteiger partial charge in [0.25, 0.3) is 0 Å². The summed E-state index contributed by atoms with van der Waals surface area (Å²) in [7, 11) is 0. The van der Waals surface area contributed by atoms with Crippen LogP contribution in [0, 0.1) is 0 Å². The van der Waals surface area contributed by atoms with Crippen LogP contribution in [0.25, 0.3) is 184 Å². The Labute approximate surface area is 582 Å². The van der Waals surface area contributed by atoms with Crippen LogP contribution in [0.15, 0.2) is 367 Å². The topological polar surface area (TPSA) is 109 Å². The lowest BCUT2D eigenvalue weighted by atomic mass is 9.94. The molecule has 101 heavy (non-hydrogen) atoms. The van der Waals surface area contributed by atoms with Gasteiger partial charge in [0.1, 0.15) is 28.5 Å². The van der Waals surface area contributed by atoms with Gasteiger partial charge in [0.05, 0.1) is 67.0 Å². The van der Waals surface area contributed by atoms with Gasteiger partial charge in [0.2, 0.25) is 0 Å². The molecular weight excluding hydrogens is 1240 g/mol. The summed E-state index contributed by atoms with van der Waals surface area (Å²) in [6.07, 6.45) is 3.58. The third-order valence-corrected chi connectivity index (χ3v) is 18.6. The molecule has 8 heterocycles. The number of hydrogen-bond donors (Lipinski definition) is 0. The van der Waals surface area contributed by atoms with Crippen molar-refractivity contribution in [1.82, 2.24) is 34.5 Å². The fourth-order valence-electron chi connectivity index (χ4n) is 13.9. The Morgan fingerprint density at radius 2 is 0.634 bits per heavy atom. The van der Waals surface area contributed by atoms with Crippen molar-refractivity contribution in [3.63, 3.8) is 0 Å². The van der Waals surface area contributed by atoms with Crippen molar-refractivity contribution in [3.8, 4) is 130 Å². The first-order valence-electron chi connectivity index (χ1n) is 33.7. The summed E-state index contributed by atoms with van der Waals surface area (Å²) in [6.45, 7) is 0. The van der Waals surface area contributed by atoms with Gasteiger partial charge in [-0.05, 0) is 118 Å². The number of benzene rings is 11. The maximum Gasteiger partial charge on any atom is 0.147 e. The molecule has 0 spiro atoms. The first-order chi connectivity index (χ1) is 50.1. The average molecular weight is 1290 g/mol. The van der Waals surface area contributed by atoms with E-state index >= 15 is 0 Å². The molecule has 11 aromatic carbocycles. The van der Waals surface area contributed by atoms with Crippen molar-refractivity contribution < 1.29 is 8.83 Å². The Kier molecular flexibility index (Phi) is 15.4. The summed E-state index contributed by atoms with van der Waals surface area (Å²) in [5.41, 5.74) is 25.0. The highest BCUT2D eigenvalue weighted by molar-refractivity contribution is 6.19. The molecule has 0 aliphatic heterocycles. The largest absolute Gasteiger partial charge is 0.455 e. The van der Waals surface area contributed by atoms with Crippen molar-refractivity contribution in [2.24, 2.45) is 0 Å². The first-order valence-corrected chi connectivity index (χ1v) is 33.7. The molecule has 0 amide bonds. The summed E-state index contributed by atoms with van der Waals surface area (Å²) in [4.78, 5) is 30.1. The quantitative estimate of drug-likeness (QED) is 0.119. The highest BCUT2D eigenvalue weighted by Crippen LogP contribution is 2.49. The SMILES string of the molecule is c1ccc(-c2oc3c(c(-c4ccccc4)nc4cc(-c5cc(-c6ccccn6)nc(-c6ccccn6)c5)ccc43)c2-c2ccccc2)cc1.c1ccc(-c2oc3c(c(-c4ccccc4)nc4cc(-c5ccc(-c6nc7ccccc7n6-c6ccccc6)cc5)ccc43)c2-c2ccccc2)cc1. The van der Waals surface area contributed by atoms with E-state index in [4.69, 9.17) is 28.8 Å². The zero-order valence-corrected chi connectivity index (χ0v) is 54.5. The zero-order valence-electron chi connectivity index (χ0n) is 54.5. The van der Waals surface area contributed by atoms with E-state index in [2.05, 4.69) is 263 Å². The van der Waals surface area contributed by atoms with Crippen LogP contribution in [-0.2, 0) is 0 Å². The minimum atomic E-state index is 0.776. The number of nitrogens with zero attached hydrogens (tertiary/aromatic N) is 7. The summed E-state index contributed by atoms with van der Waals surface area (Å²) >= 11 is 0. The van der Waals surface area contributed by atoms with E-state index in [1.807, 2.05) is 97.1 Å². The summed E-state index contributed by atoms with van der Waals surface area (Å²) < 4.78 is 16.1. The van der Waals surface area contributed by atoms with Crippen LogP contribution in [0.1, 0.15) is 0 Å². The molecule has 0 aliphatic rings. The van der Waals surface area contributed by atoms with Gasteiger partial charge in [-0.1, -0.05) is 261 Å². The van der Waals surface area contributed by atoms with E-state index in [-0.39, 0.29) is 0 Å². The molecule has 0 saturated heterocycles. The number of imidazole rings is 1. The van der Waals surface area contributed by atoms with Crippen molar-refractivity contribution in [1.29, 1.82) is 0 Å². The number of para-hydroxylation sites is 3. The summed E-state index contributed by atoms with van der Waals surface area (Å²) in [5.74, 6) is 2.58. The van der Waals surface area contributed by atoms with E-state index in [0.29, 0.717) is 0 Å². The van der Waals surface area contributed by atoms with Gasteiger partial charge in [-0.25, -0.2) is 19.9 Å². The highest BCUT2D eigenvalue weighted by Gasteiger charge is 2.27. The monoisotopic (exact) mass is 1290 g/mol. The number of furan rings is 2. The van der Waals surface area contributed by atoms with E-state index in [1.165, 1.54) is 0 Å². The second-order valence-electron chi connectivity index (χ2n) is 24.8. The Balaban J connectivity index is 0.000000145. The molecule has 474 valence electrons. The standard InChI is InChI=1S/C48H31N3O.C44H28N4O/c1-5-15-33(16-6-1)43-44-45(34-17-7-2-8-18-34)49-41-31-37(29-30-39(41)47(44)52-46(43)35-19-9-3-10-20-35)32-25-27-36(28-26-32)48-50-40-23-13-14-24-42(40)51(48)38-21-11-4-12-22-38;1-4-14-29(15-5-1)40-41-42(30-16-6-2-7-17-30)48-37-26-32(22-23-34(37)44(41)49-43(40)31-18-8-3-9-19-31)33-27-38(35-20-10-12-24-45-35)47-39(28-33)36-21-11-13-25-46-36/h1-31H;1-28H. The smallest absolute Gasteiger partial charge is 0.147 e. The van der Waals surface area contributed by atoms with Gasteiger partial charge < -0.3 is 8.83 Å². The van der Waals surface area contributed by atoms with Gasteiger partial charge in [-0.3, -0.25) is 14.5 Å². The number of hydrogen-bond acceptors (Lipinski definition) is 8. The molecule has 0 radical (unpaired) electrons. The highest BCUT2D eigenvalue weighted by atomic mass is 16.3. The van der Waals surface area contributed by atoms with Crippen molar-refractivity contribution >= 4 is 54.8 Å². The molecule has 19 aromatic rings. The maximum atomic E-state index is 6.95. The minimum absolute atomic E-state index is 0.776. The van der Waals surface area contributed by atoms with Crippen LogP contribution in [0.4, 0.5) is 0 Å². The van der Waals surface area contributed by atoms with Crippen molar-refractivity contribution in [2.45, 2.75) is 0 Å². The molecule has 0 unspecified atom stereocenters. The van der Waals surface area contributed by atoms with Crippen LogP contribution in [-0.4, -0.2) is 34.5 Å². The van der Waals surface area contributed by atoms with E-state index < -0.39 is 0 Å². The van der Waals surface area contributed by atoms with Crippen LogP contribution >= 0.6 is 0 Å². The average Bonchev–Trinajstić information content (AvgIpc) is 1.62. The minimum Gasteiger partial charge on any atom is -0.455 e. The Morgan fingerprint density at radius 3 is 1.09 bits per heavy atom. The van der Waals surface area contributed by atoms with Gasteiger partial charge >= 0.3 is 0 Å². The number of aromatic nitrogens is 7. The Morgan fingerprint density at radius 1 is 0.248 bits per heavy atom. The third-order valence-electron chi connectivity index (χ3n) is 18.6. The molecule has 8 aromatic heterocycles. The van der Waals surface area contributed by atoms with Crippen molar-refractivity contribution in [3.05, 3.63) is 358 Å². The Hall–Kier alpha value is -13.8. The summed E-state index contributed by atoms with van der Waals surface area (Å²) in [6, 6.07) is 119. The predicted octanol–water partition coefficient (Wildman–Crippen LogP) is 23.8. The molecule has 19 rings (SSSR count). The second kappa shape index (κ2) is 26.0. The van der Waals surface area contributed by atoms with E-state index in [0.717, 1.165) is 184 Å². The molecule has 0 bridgehead atoms. The van der Waals surface area contributed by atoms with Crippen LogP contribution < -0.4 is 0 Å². The zero-order chi connectivity index (χ0) is 67.0. The van der Waals surface area contributed by atoms with E-state index in [9.17, 15) is 0 Å². The van der Waals surface area contributed by atoms with Crippen LogP contribution in [0.3, 0.4) is 0 Å². The fraction of sp³-hybridized carbons (Fsp3) is 0. The number of pyridine rings is 5. The molecular formula is C92H59N7O2. The lowest BCUT2D eigenvalue weighted by molar-refractivity contribution is 0.635. The fourth-order valence-corrected chi connectivity index (χ4v) is 13.9. The van der Waals surface area contributed by atoms with Gasteiger partial charge in [0.15, 0.2) is 0 Å². The normalized spacial score (nSPS) is 11.4. The summed E-state index contributed by atoms with van der Waals surface area (Å²) in [5, 5.41) is 3.94. The maximum absolute atomic E-state index is 6.95. The second-order valence-corrected chi connectivity index (χ2v) is 24.8. The lowest BCUT2D eigenvalue weighted by Gasteiger charge is -2.12. The molecule has 0 saturated carbocycles. The number of fused-ring (bicyclic) bond motifs is 7. The van der Waals surface area contributed by atoms with Gasteiger partial charge in [0, 0.05) is 67.8 Å². The molecule has 9 heteroatoms. The Bertz CT molecular complexity index is 6140. The molecule has 0 N–H and O–H groups in total. The van der Waals surface area contributed by atoms with Gasteiger partial charge in [-0.15, -0.1) is 0 Å².